The Kier molecular flexibility index (Phi) is 4.13. The van der Waals surface area contributed by atoms with E-state index in [0.29, 0.717) is 0 Å². The Hall–Kier alpha value is -2.64. The molecule has 0 bridgehead atoms. The van der Waals surface area contributed by atoms with Crippen molar-refractivity contribution in [3.63, 3.8) is 0 Å². The summed E-state index contributed by atoms with van der Waals surface area (Å²) in [7, 11) is 0. The Balaban J connectivity index is 1.87. The largest absolute Gasteiger partial charge is 0.416 e. The number of amides is 1. The molecule has 8 heteroatoms. The van der Waals surface area contributed by atoms with Crippen molar-refractivity contribution in [2.75, 3.05) is 5.32 Å². The number of carbonyl (C=O) groups is 1. The van der Waals surface area contributed by atoms with Gasteiger partial charge in [0.2, 0.25) is 0 Å². The van der Waals surface area contributed by atoms with E-state index in [4.69, 9.17) is 0 Å². The lowest BCUT2D eigenvalue weighted by molar-refractivity contribution is -0.137. The number of anilines is 1. The molecule has 0 atom stereocenters. The highest BCUT2D eigenvalue weighted by atomic mass is 19.4. The van der Waals surface area contributed by atoms with Crippen molar-refractivity contribution in [1.82, 2.24) is 9.97 Å². The Labute approximate surface area is 134 Å². The summed E-state index contributed by atoms with van der Waals surface area (Å²) < 4.78 is 38.1. The van der Waals surface area contributed by atoms with Gasteiger partial charge >= 0.3 is 6.18 Å². The number of rotatable bonds is 2. The average molecular weight is 337 g/mol. The molecule has 2 heterocycles. The maximum absolute atomic E-state index is 12.7. The van der Waals surface area contributed by atoms with Crippen LogP contribution in [0.2, 0.25) is 0 Å². The van der Waals surface area contributed by atoms with Crippen molar-refractivity contribution >= 4 is 11.7 Å². The monoisotopic (exact) mass is 337 g/mol. The summed E-state index contributed by atoms with van der Waals surface area (Å²) in [6.07, 6.45) is -0.130. The molecule has 0 aliphatic heterocycles. The Morgan fingerprint density at radius 2 is 1.96 bits per heavy atom. The predicted molar refractivity (Wildman–Crippen MR) is 80.9 cm³/mol. The predicted octanol–water partition coefficient (Wildman–Crippen LogP) is 2.92. The molecule has 5 nitrogen and oxygen atoms in total. The first-order valence-electron chi connectivity index (χ1n) is 7.44. The maximum Gasteiger partial charge on any atom is 0.416 e. The van der Waals surface area contributed by atoms with Crippen LogP contribution in [0.25, 0.3) is 0 Å². The van der Waals surface area contributed by atoms with Gasteiger partial charge in [0, 0.05) is 11.9 Å². The molecule has 1 amide bonds. The highest BCUT2D eigenvalue weighted by Crippen LogP contribution is 2.30. The third-order valence-corrected chi connectivity index (χ3v) is 3.91. The number of nitrogens with zero attached hydrogens (tertiary/aromatic N) is 1. The number of hydrogen-bond donors (Lipinski definition) is 2. The second-order valence-electron chi connectivity index (χ2n) is 5.60. The zero-order valence-electron chi connectivity index (χ0n) is 12.5. The van der Waals surface area contributed by atoms with Crippen LogP contribution in [0.1, 0.15) is 40.0 Å². The summed E-state index contributed by atoms with van der Waals surface area (Å²) >= 11 is 0. The van der Waals surface area contributed by atoms with Crippen LogP contribution in [0.15, 0.2) is 29.2 Å². The van der Waals surface area contributed by atoms with Crippen LogP contribution >= 0.6 is 0 Å². The van der Waals surface area contributed by atoms with Gasteiger partial charge in [0.25, 0.3) is 11.5 Å². The van der Waals surface area contributed by atoms with Gasteiger partial charge < -0.3 is 10.3 Å². The Morgan fingerprint density at radius 3 is 2.71 bits per heavy atom. The summed E-state index contributed by atoms with van der Waals surface area (Å²) in [5, 5.41) is 2.25. The highest BCUT2D eigenvalue weighted by Gasteiger charge is 2.31. The van der Waals surface area contributed by atoms with Crippen LogP contribution in [0, 0.1) is 0 Å². The van der Waals surface area contributed by atoms with Crippen molar-refractivity contribution in [1.29, 1.82) is 0 Å². The molecule has 126 valence electrons. The molecular formula is C16H14F3N3O2. The number of aromatic nitrogens is 2. The molecule has 0 saturated heterocycles. The quantitative estimate of drug-likeness (QED) is 0.885. The lowest BCUT2D eigenvalue weighted by Crippen LogP contribution is -2.26. The Bertz CT molecular complexity index is 843. The third-order valence-electron chi connectivity index (χ3n) is 3.91. The van der Waals surface area contributed by atoms with Crippen molar-refractivity contribution in [2.24, 2.45) is 0 Å². The molecule has 1 aliphatic carbocycles. The fraction of sp³-hybridized carbons (Fsp3) is 0.312. The topological polar surface area (TPSA) is 74.8 Å². The maximum atomic E-state index is 12.7. The molecule has 0 saturated carbocycles. The number of H-pyrrole nitrogens is 1. The van der Waals surface area contributed by atoms with Gasteiger partial charge in [-0.25, -0.2) is 4.98 Å². The standard InChI is InChI=1S/C16H14F3N3O2/c17-16(18,19)10-5-6-20-13(8-10)22-15(24)11-7-9-3-1-2-4-12(9)21-14(11)23/h5-8H,1-4H2,(H,21,23)(H,20,22,24). The normalized spacial score (nSPS) is 14.1. The zero-order chi connectivity index (χ0) is 17.3. The third kappa shape index (κ3) is 3.32. The van der Waals surface area contributed by atoms with Crippen molar-refractivity contribution in [2.45, 2.75) is 31.9 Å². The summed E-state index contributed by atoms with van der Waals surface area (Å²) in [5.74, 6) is -1.04. The number of halogens is 3. The van der Waals surface area contributed by atoms with E-state index in [0.717, 1.165) is 55.3 Å². The number of aryl methyl sites for hydroxylation is 2. The van der Waals surface area contributed by atoms with Crippen LogP contribution in [0.3, 0.4) is 0 Å². The molecule has 0 aromatic carbocycles. The Morgan fingerprint density at radius 1 is 1.21 bits per heavy atom. The summed E-state index contributed by atoms with van der Waals surface area (Å²) in [4.78, 5) is 30.6. The minimum Gasteiger partial charge on any atom is -0.325 e. The summed E-state index contributed by atoms with van der Waals surface area (Å²) in [6, 6.07) is 3.04. The molecule has 2 aromatic rings. The van der Waals surface area contributed by atoms with Crippen molar-refractivity contribution in [3.8, 4) is 0 Å². The molecule has 0 spiro atoms. The first-order chi connectivity index (χ1) is 11.3. The van der Waals surface area contributed by atoms with Crippen LogP contribution < -0.4 is 10.9 Å². The van der Waals surface area contributed by atoms with Gasteiger partial charge in [-0.1, -0.05) is 0 Å². The van der Waals surface area contributed by atoms with Crippen LogP contribution in [0.5, 0.6) is 0 Å². The lowest BCUT2D eigenvalue weighted by atomic mass is 9.95. The van der Waals surface area contributed by atoms with Crippen LogP contribution in [0.4, 0.5) is 19.0 Å². The molecule has 2 N–H and O–H groups in total. The number of fused-ring (bicyclic) bond motifs is 1. The molecule has 24 heavy (non-hydrogen) atoms. The molecule has 0 unspecified atom stereocenters. The van der Waals surface area contributed by atoms with Gasteiger partial charge in [0.15, 0.2) is 0 Å². The highest BCUT2D eigenvalue weighted by molar-refractivity contribution is 6.03. The lowest BCUT2D eigenvalue weighted by Gasteiger charge is -2.16. The zero-order valence-corrected chi connectivity index (χ0v) is 12.5. The second-order valence-corrected chi connectivity index (χ2v) is 5.60. The molecule has 0 radical (unpaired) electrons. The SMILES string of the molecule is O=C(Nc1cc(C(F)(F)F)ccn1)c1cc2c([nH]c1=O)CCCC2. The van der Waals surface area contributed by atoms with E-state index in [1.807, 2.05) is 0 Å². The fourth-order valence-electron chi connectivity index (χ4n) is 2.70. The number of carbonyl (C=O) groups excluding carboxylic acids is 1. The molecule has 1 aliphatic rings. The average Bonchev–Trinajstić information content (AvgIpc) is 2.53. The van der Waals surface area contributed by atoms with Crippen molar-refractivity contribution < 1.29 is 18.0 Å². The summed E-state index contributed by atoms with van der Waals surface area (Å²) in [6.45, 7) is 0. The van der Waals surface area contributed by atoms with E-state index in [2.05, 4.69) is 15.3 Å². The van der Waals surface area contributed by atoms with Crippen LogP contribution in [-0.2, 0) is 19.0 Å². The first kappa shape index (κ1) is 16.2. The van der Waals surface area contributed by atoms with Crippen molar-refractivity contribution in [3.05, 3.63) is 57.1 Å². The minimum atomic E-state index is -4.54. The van der Waals surface area contributed by atoms with Crippen LogP contribution in [-0.4, -0.2) is 15.9 Å². The molecule has 2 aromatic heterocycles. The van der Waals surface area contributed by atoms with Gasteiger partial charge in [0.05, 0.1) is 5.56 Å². The molecular weight excluding hydrogens is 323 g/mol. The minimum absolute atomic E-state index is 0.130. The van der Waals surface area contributed by atoms with E-state index >= 15 is 0 Å². The molecule has 3 rings (SSSR count). The van der Waals surface area contributed by atoms with E-state index in [-0.39, 0.29) is 11.4 Å². The van der Waals surface area contributed by atoms with E-state index in [9.17, 15) is 22.8 Å². The number of aromatic amines is 1. The molecule has 0 fully saturated rings. The van der Waals surface area contributed by atoms with Gasteiger partial charge in [-0.2, -0.15) is 13.2 Å². The first-order valence-corrected chi connectivity index (χ1v) is 7.44. The van der Waals surface area contributed by atoms with E-state index < -0.39 is 23.2 Å². The number of alkyl halides is 3. The number of pyridine rings is 2. The smallest absolute Gasteiger partial charge is 0.325 e. The van der Waals surface area contributed by atoms with Gasteiger partial charge in [-0.05, 0) is 49.4 Å². The fourth-order valence-corrected chi connectivity index (χ4v) is 2.70. The number of nitrogens with one attached hydrogen (secondary N) is 2. The second kappa shape index (κ2) is 6.10. The number of hydrogen-bond acceptors (Lipinski definition) is 3. The van der Waals surface area contributed by atoms with Gasteiger partial charge in [-0.3, -0.25) is 9.59 Å². The van der Waals surface area contributed by atoms with Gasteiger partial charge in [-0.15, -0.1) is 0 Å². The summed E-state index contributed by atoms with van der Waals surface area (Å²) in [5.41, 5.74) is 0.102. The van der Waals surface area contributed by atoms with E-state index in [1.165, 1.54) is 6.07 Å². The van der Waals surface area contributed by atoms with E-state index in [1.54, 1.807) is 0 Å². The van der Waals surface area contributed by atoms with Gasteiger partial charge in [0.1, 0.15) is 11.4 Å².